The third-order valence-electron chi connectivity index (χ3n) is 9.16. The number of benzene rings is 2. The monoisotopic (exact) mass is 628 g/mol. The Labute approximate surface area is 251 Å². The summed E-state index contributed by atoms with van der Waals surface area (Å²) in [7, 11) is 1.47. The molecule has 0 radical (unpaired) electrons. The largest absolute Gasteiger partial charge is 0.416 e. The second-order valence-corrected chi connectivity index (χ2v) is 12.0. The molecule has 0 unspecified atom stereocenters. The van der Waals surface area contributed by atoms with Crippen molar-refractivity contribution in [3.8, 4) is 0 Å². The van der Waals surface area contributed by atoms with Crippen molar-refractivity contribution in [3.63, 3.8) is 0 Å². The maximum absolute atomic E-state index is 14.0. The summed E-state index contributed by atoms with van der Waals surface area (Å²) in [5.74, 6) is -0.229. The number of piperidine rings is 1. The number of fused-ring (bicyclic) bond motifs is 1. The standard InChI is InChI=1S/C31H35F7N4O2/c1-19-13-23(32)3-5-26(19)27-17-24(40-11-12-41-25(18-40)4-6-28(41)43)8-10-42(27)29(44)39(2)9-7-20-14-21(30(33,34)35)16-22(15-20)31(36,37)38/h3,5,13-16,24-25,27H,4,6-12,17-18H2,1-2H3/t24-,25-,27+/m0/s1. The minimum Gasteiger partial charge on any atom is -0.337 e. The highest BCUT2D eigenvalue weighted by Crippen LogP contribution is 2.38. The molecule has 3 amide bonds. The van der Waals surface area contributed by atoms with Gasteiger partial charge in [-0.3, -0.25) is 9.69 Å². The van der Waals surface area contributed by atoms with E-state index in [4.69, 9.17) is 0 Å². The summed E-state index contributed by atoms with van der Waals surface area (Å²) < 4.78 is 94.0. The lowest BCUT2D eigenvalue weighted by atomic mass is 9.88. The zero-order valence-corrected chi connectivity index (χ0v) is 24.5. The molecule has 3 aliphatic heterocycles. The fourth-order valence-corrected chi connectivity index (χ4v) is 6.81. The number of hydrogen-bond acceptors (Lipinski definition) is 3. The van der Waals surface area contributed by atoms with E-state index in [-0.39, 0.29) is 42.6 Å². The molecule has 0 aliphatic carbocycles. The summed E-state index contributed by atoms with van der Waals surface area (Å²) in [6, 6.07) is 5.31. The first kappa shape index (κ1) is 32.1. The molecule has 6 nitrogen and oxygen atoms in total. The third kappa shape index (κ3) is 6.82. The lowest BCUT2D eigenvalue weighted by molar-refractivity contribution is -0.143. The van der Waals surface area contributed by atoms with E-state index in [1.54, 1.807) is 17.9 Å². The number of carbonyl (C=O) groups is 2. The van der Waals surface area contributed by atoms with E-state index in [1.807, 2.05) is 4.90 Å². The maximum Gasteiger partial charge on any atom is 0.416 e. The zero-order valence-electron chi connectivity index (χ0n) is 24.5. The van der Waals surface area contributed by atoms with Gasteiger partial charge in [-0.05, 0) is 79.6 Å². The molecule has 3 saturated heterocycles. The predicted octanol–water partition coefficient (Wildman–Crippen LogP) is 6.28. The van der Waals surface area contributed by atoms with E-state index in [1.165, 1.54) is 24.1 Å². The van der Waals surface area contributed by atoms with Crippen LogP contribution in [0.15, 0.2) is 36.4 Å². The Bertz CT molecular complexity index is 1360. The van der Waals surface area contributed by atoms with Crippen LogP contribution < -0.4 is 0 Å². The fraction of sp³-hybridized carbons (Fsp3) is 0.548. The average Bonchev–Trinajstić information content (AvgIpc) is 3.34. The molecule has 5 rings (SSSR count). The van der Waals surface area contributed by atoms with Crippen molar-refractivity contribution in [2.24, 2.45) is 0 Å². The van der Waals surface area contributed by atoms with Crippen LogP contribution in [0.25, 0.3) is 0 Å². The number of carbonyl (C=O) groups excluding carboxylic acids is 2. The van der Waals surface area contributed by atoms with Gasteiger partial charge in [0.1, 0.15) is 5.82 Å². The van der Waals surface area contributed by atoms with E-state index < -0.39 is 41.4 Å². The second-order valence-electron chi connectivity index (χ2n) is 12.0. The smallest absolute Gasteiger partial charge is 0.337 e. The van der Waals surface area contributed by atoms with Crippen LogP contribution in [-0.4, -0.2) is 83.4 Å². The van der Waals surface area contributed by atoms with Gasteiger partial charge in [-0.15, -0.1) is 0 Å². The summed E-state index contributed by atoms with van der Waals surface area (Å²) in [6.45, 7) is 4.13. The molecule has 0 bridgehead atoms. The topological polar surface area (TPSA) is 47.1 Å². The van der Waals surface area contributed by atoms with E-state index in [2.05, 4.69) is 4.90 Å². The van der Waals surface area contributed by atoms with Crippen molar-refractivity contribution in [2.75, 3.05) is 39.8 Å². The van der Waals surface area contributed by atoms with E-state index >= 15 is 0 Å². The van der Waals surface area contributed by atoms with Gasteiger partial charge >= 0.3 is 18.4 Å². The van der Waals surface area contributed by atoms with Gasteiger partial charge in [0, 0.05) is 58.3 Å². The Morgan fingerprint density at radius 1 is 0.932 bits per heavy atom. The highest BCUT2D eigenvalue weighted by atomic mass is 19.4. The quantitative estimate of drug-likeness (QED) is 0.367. The summed E-state index contributed by atoms with van der Waals surface area (Å²) >= 11 is 0. The van der Waals surface area contributed by atoms with Crippen molar-refractivity contribution in [2.45, 2.75) is 69.5 Å². The first-order valence-corrected chi connectivity index (χ1v) is 14.7. The Hall–Kier alpha value is -3.35. The average molecular weight is 629 g/mol. The molecule has 3 aliphatic rings. The van der Waals surface area contributed by atoms with Crippen LogP contribution in [0.3, 0.4) is 0 Å². The summed E-state index contributed by atoms with van der Waals surface area (Å²) in [6.07, 6.45) is -7.54. The molecule has 13 heteroatoms. The van der Waals surface area contributed by atoms with Crippen molar-refractivity contribution in [1.29, 1.82) is 0 Å². The number of nitrogens with zero attached hydrogens (tertiary/aromatic N) is 4. The number of halogens is 7. The van der Waals surface area contributed by atoms with E-state index in [0.29, 0.717) is 56.6 Å². The van der Waals surface area contributed by atoms with E-state index in [0.717, 1.165) is 18.5 Å². The van der Waals surface area contributed by atoms with Gasteiger partial charge in [0.2, 0.25) is 5.91 Å². The minimum atomic E-state index is -4.96. The lowest BCUT2D eigenvalue weighted by Crippen LogP contribution is -2.57. The molecule has 44 heavy (non-hydrogen) atoms. The van der Waals surface area contributed by atoms with E-state index in [9.17, 15) is 40.3 Å². The van der Waals surface area contributed by atoms with Crippen molar-refractivity contribution < 1.29 is 40.3 Å². The molecule has 0 N–H and O–H groups in total. The van der Waals surface area contributed by atoms with Gasteiger partial charge in [-0.25, -0.2) is 9.18 Å². The lowest BCUT2D eigenvalue weighted by Gasteiger charge is -2.48. The Balaban J connectivity index is 1.33. The first-order chi connectivity index (χ1) is 20.6. The number of urea groups is 1. The number of alkyl halides is 6. The molecule has 0 aromatic heterocycles. The van der Waals surface area contributed by atoms with Crippen LogP contribution in [0.5, 0.6) is 0 Å². The third-order valence-corrected chi connectivity index (χ3v) is 9.16. The molecule has 0 spiro atoms. The molecule has 2 aromatic rings. The van der Waals surface area contributed by atoms with Crippen LogP contribution in [-0.2, 0) is 23.6 Å². The number of likely N-dealkylation sites (tertiary alicyclic amines) is 1. The molecule has 240 valence electrons. The van der Waals surface area contributed by atoms with Gasteiger partial charge < -0.3 is 14.7 Å². The molecular weight excluding hydrogens is 593 g/mol. The van der Waals surface area contributed by atoms with Crippen molar-refractivity contribution in [1.82, 2.24) is 19.6 Å². The Kier molecular flexibility index (Phi) is 8.90. The summed E-state index contributed by atoms with van der Waals surface area (Å²) in [5, 5.41) is 0. The fourth-order valence-electron chi connectivity index (χ4n) is 6.81. The zero-order chi connectivity index (χ0) is 32.0. The van der Waals surface area contributed by atoms with Crippen molar-refractivity contribution >= 4 is 11.9 Å². The molecule has 3 heterocycles. The number of amides is 3. The maximum atomic E-state index is 14.0. The second kappa shape index (κ2) is 12.2. The predicted molar refractivity (Wildman–Crippen MR) is 148 cm³/mol. The number of rotatable bonds is 5. The van der Waals surface area contributed by atoms with Gasteiger partial charge in [0.05, 0.1) is 17.2 Å². The molecule has 3 atom stereocenters. The highest BCUT2D eigenvalue weighted by molar-refractivity contribution is 5.79. The Morgan fingerprint density at radius 3 is 2.25 bits per heavy atom. The molecule has 0 saturated carbocycles. The number of hydrogen-bond donors (Lipinski definition) is 0. The highest BCUT2D eigenvalue weighted by Gasteiger charge is 2.42. The van der Waals surface area contributed by atoms with Gasteiger partial charge in [-0.2, -0.15) is 26.3 Å². The number of aryl methyl sites for hydroxylation is 1. The molecular formula is C31H35F7N4O2. The van der Waals surface area contributed by atoms with Crippen LogP contribution in [0.4, 0.5) is 35.5 Å². The number of piperazine rings is 1. The minimum absolute atomic E-state index is 0.0859. The van der Waals surface area contributed by atoms with Crippen LogP contribution >= 0.6 is 0 Å². The SMILES string of the molecule is Cc1cc(F)ccc1[C@H]1C[C@@H](N2CCN3C(=O)CC[C@H]3C2)CCN1C(=O)N(C)CCc1cc(C(F)(F)F)cc(C(F)(F)F)c1. The molecule has 2 aromatic carbocycles. The van der Waals surface area contributed by atoms with Gasteiger partial charge in [0.25, 0.3) is 0 Å². The molecule has 3 fully saturated rings. The summed E-state index contributed by atoms with van der Waals surface area (Å²) in [5.41, 5.74) is -1.52. The Morgan fingerprint density at radius 2 is 1.61 bits per heavy atom. The van der Waals surface area contributed by atoms with Crippen LogP contribution in [0.1, 0.15) is 59.5 Å². The van der Waals surface area contributed by atoms with Gasteiger partial charge in [-0.1, -0.05) is 6.07 Å². The van der Waals surface area contributed by atoms with Gasteiger partial charge in [0.15, 0.2) is 0 Å². The first-order valence-electron chi connectivity index (χ1n) is 14.7. The normalized spacial score (nSPS) is 23.2. The van der Waals surface area contributed by atoms with Crippen LogP contribution in [0, 0.1) is 12.7 Å². The summed E-state index contributed by atoms with van der Waals surface area (Å²) in [4.78, 5) is 33.2. The van der Waals surface area contributed by atoms with Crippen LogP contribution in [0.2, 0.25) is 0 Å². The van der Waals surface area contributed by atoms with Crippen molar-refractivity contribution in [3.05, 3.63) is 70.0 Å². The number of likely N-dealkylation sites (N-methyl/N-ethyl adjacent to an activating group) is 1.